The Bertz CT molecular complexity index is 328. The number of hydrogen-bond donors (Lipinski definition) is 0. The predicted octanol–water partition coefficient (Wildman–Crippen LogP) is 1.73. The van der Waals surface area contributed by atoms with Gasteiger partial charge in [-0.1, -0.05) is 22.6 Å². The van der Waals surface area contributed by atoms with Crippen molar-refractivity contribution in [2.45, 2.75) is 35.7 Å². The highest BCUT2D eigenvalue weighted by Crippen LogP contribution is 2.51. The van der Waals surface area contributed by atoms with E-state index in [1.54, 1.807) is 0 Å². The third kappa shape index (κ3) is 0.928. The zero-order valence-corrected chi connectivity index (χ0v) is 9.99. The predicted molar refractivity (Wildman–Crippen MR) is 60.9 cm³/mol. The van der Waals surface area contributed by atoms with Crippen LogP contribution in [-0.4, -0.2) is 28.3 Å². The second-order valence-electron chi connectivity index (χ2n) is 4.29. The van der Waals surface area contributed by atoms with Crippen LogP contribution in [-0.2, 0) is 9.53 Å². The van der Waals surface area contributed by atoms with Gasteiger partial charge in [0.1, 0.15) is 11.5 Å². The van der Waals surface area contributed by atoms with Crippen LogP contribution in [0.5, 0.6) is 0 Å². The monoisotopic (exact) mass is 305 g/mol. The van der Waals surface area contributed by atoms with Gasteiger partial charge in [-0.15, -0.1) is 0 Å². The lowest BCUT2D eigenvalue weighted by Gasteiger charge is -2.36. The normalized spacial score (nSPS) is 45.5. The number of carbonyl (C=O) groups is 1. The molecular formula is C10H12INO2. The van der Waals surface area contributed by atoms with E-state index in [1.165, 1.54) is 0 Å². The number of esters is 1. The van der Waals surface area contributed by atoms with Crippen LogP contribution in [0.25, 0.3) is 0 Å². The first kappa shape index (κ1) is 9.12. The van der Waals surface area contributed by atoms with Gasteiger partial charge in [-0.2, -0.15) is 0 Å². The summed E-state index contributed by atoms with van der Waals surface area (Å²) in [5.41, 5.74) is 0.809. The smallest absolute Gasteiger partial charge is 0.319 e. The Kier molecular flexibility index (Phi) is 1.91. The number of nitrogens with zero attached hydrogens (tertiary/aromatic N) is 1. The molecule has 1 saturated carbocycles. The molecular weight excluding hydrogens is 293 g/mol. The van der Waals surface area contributed by atoms with E-state index in [2.05, 4.69) is 27.6 Å². The summed E-state index contributed by atoms with van der Waals surface area (Å²) in [5.74, 6) is -0.00199. The quantitative estimate of drug-likeness (QED) is 0.388. The van der Waals surface area contributed by atoms with Crippen LogP contribution in [0.1, 0.15) is 25.7 Å². The molecule has 0 aromatic rings. The summed E-state index contributed by atoms with van der Waals surface area (Å²) in [6.07, 6.45) is 4.08. The van der Waals surface area contributed by atoms with Gasteiger partial charge >= 0.3 is 5.97 Å². The van der Waals surface area contributed by atoms with Crippen molar-refractivity contribution in [3.05, 3.63) is 0 Å². The molecule has 0 aromatic carbocycles. The van der Waals surface area contributed by atoms with Crippen molar-refractivity contribution in [3.63, 3.8) is 0 Å². The number of rotatable bonds is 0. The molecule has 0 aromatic heterocycles. The van der Waals surface area contributed by atoms with Gasteiger partial charge in [0.2, 0.25) is 0 Å². The van der Waals surface area contributed by atoms with Crippen LogP contribution < -0.4 is 0 Å². The lowest BCUT2D eigenvalue weighted by molar-refractivity contribution is -0.146. The minimum atomic E-state index is -0.318. The molecule has 1 saturated heterocycles. The molecule has 4 heteroatoms. The average Bonchev–Trinajstić information content (AvgIpc) is 2.38. The molecule has 1 aliphatic carbocycles. The molecule has 3 nitrogen and oxygen atoms in total. The minimum Gasteiger partial charge on any atom is -0.460 e. The van der Waals surface area contributed by atoms with E-state index >= 15 is 0 Å². The average molecular weight is 305 g/mol. The topological polar surface area (TPSA) is 38.7 Å². The van der Waals surface area contributed by atoms with E-state index < -0.39 is 0 Å². The van der Waals surface area contributed by atoms with Gasteiger partial charge in [0.05, 0.1) is 3.92 Å². The number of fused-ring (bicyclic) bond motifs is 1. The first-order chi connectivity index (χ1) is 6.75. The fourth-order valence-corrected chi connectivity index (χ4v) is 4.32. The Morgan fingerprint density at radius 1 is 1.57 bits per heavy atom. The van der Waals surface area contributed by atoms with Crippen molar-refractivity contribution in [2.75, 3.05) is 6.54 Å². The van der Waals surface area contributed by atoms with Crippen molar-refractivity contribution in [1.82, 2.24) is 0 Å². The zero-order valence-electron chi connectivity index (χ0n) is 7.83. The molecule has 76 valence electrons. The highest BCUT2D eigenvalue weighted by molar-refractivity contribution is 14.1. The maximum atomic E-state index is 11.9. The lowest BCUT2D eigenvalue weighted by atomic mass is 9.69. The van der Waals surface area contributed by atoms with Gasteiger partial charge in [-0.05, 0) is 25.7 Å². The molecule has 2 aliphatic heterocycles. The third-order valence-corrected chi connectivity index (χ3v) is 5.50. The number of aliphatic imine (C=N–C) groups is 1. The lowest BCUT2D eigenvalue weighted by Crippen LogP contribution is -2.48. The van der Waals surface area contributed by atoms with Gasteiger partial charge < -0.3 is 4.74 Å². The summed E-state index contributed by atoms with van der Waals surface area (Å²) < 4.78 is 5.75. The fraction of sp³-hybridized carbons (Fsp3) is 0.800. The summed E-state index contributed by atoms with van der Waals surface area (Å²) in [7, 11) is 0. The van der Waals surface area contributed by atoms with Crippen molar-refractivity contribution in [3.8, 4) is 0 Å². The Labute approximate surface area is 96.4 Å². The standard InChI is InChI=1S/C10H12INO2/c11-8-6-2-3-7-10(8,9(13)14-6)4-1-5-12-7/h6,8H,1-5H2/t6-,8-,10+/m1/s1. The Balaban J connectivity index is 2.13. The van der Waals surface area contributed by atoms with Crippen LogP contribution in [0.4, 0.5) is 0 Å². The highest BCUT2D eigenvalue weighted by Gasteiger charge is 2.61. The van der Waals surface area contributed by atoms with Crippen LogP contribution in [0.3, 0.4) is 0 Å². The van der Waals surface area contributed by atoms with Gasteiger partial charge in [0.25, 0.3) is 0 Å². The second kappa shape index (κ2) is 2.93. The largest absolute Gasteiger partial charge is 0.460 e. The summed E-state index contributed by atoms with van der Waals surface area (Å²) in [4.78, 5) is 16.4. The van der Waals surface area contributed by atoms with E-state index in [0.717, 1.165) is 37.9 Å². The van der Waals surface area contributed by atoms with Gasteiger partial charge in [0.15, 0.2) is 0 Å². The van der Waals surface area contributed by atoms with Crippen molar-refractivity contribution >= 4 is 34.3 Å². The summed E-state index contributed by atoms with van der Waals surface area (Å²) >= 11 is 2.39. The Morgan fingerprint density at radius 3 is 3.29 bits per heavy atom. The van der Waals surface area contributed by atoms with Crippen molar-refractivity contribution in [1.29, 1.82) is 0 Å². The molecule has 2 fully saturated rings. The molecule has 0 N–H and O–H groups in total. The fourth-order valence-electron chi connectivity index (χ4n) is 2.89. The third-order valence-electron chi connectivity index (χ3n) is 3.63. The maximum absolute atomic E-state index is 11.9. The molecule has 1 spiro atoms. The molecule has 14 heavy (non-hydrogen) atoms. The number of alkyl halides is 1. The Morgan fingerprint density at radius 2 is 2.43 bits per heavy atom. The number of ether oxygens (including phenoxy) is 1. The van der Waals surface area contributed by atoms with E-state index in [4.69, 9.17) is 4.74 Å². The summed E-state index contributed by atoms with van der Waals surface area (Å²) in [5, 5.41) is 0. The minimum absolute atomic E-state index is 0.00199. The molecule has 3 atom stereocenters. The summed E-state index contributed by atoms with van der Waals surface area (Å²) in [6.45, 7) is 0.901. The van der Waals surface area contributed by atoms with Crippen molar-refractivity contribution < 1.29 is 9.53 Å². The first-order valence-corrected chi connectivity index (χ1v) is 6.38. The van der Waals surface area contributed by atoms with Gasteiger partial charge in [-0.25, -0.2) is 0 Å². The van der Waals surface area contributed by atoms with Crippen LogP contribution >= 0.6 is 22.6 Å². The zero-order chi connectivity index (χ0) is 9.76. The molecule has 2 heterocycles. The molecule has 3 aliphatic rings. The molecule has 0 amide bonds. The van der Waals surface area contributed by atoms with Crippen molar-refractivity contribution in [2.24, 2.45) is 10.4 Å². The van der Waals surface area contributed by atoms with Crippen LogP contribution in [0.15, 0.2) is 4.99 Å². The summed E-state index contributed by atoms with van der Waals surface area (Å²) in [6, 6.07) is 0. The van der Waals surface area contributed by atoms with Gasteiger partial charge in [0, 0.05) is 12.3 Å². The number of hydrogen-bond acceptors (Lipinski definition) is 3. The van der Waals surface area contributed by atoms with Gasteiger partial charge in [-0.3, -0.25) is 9.79 Å². The number of carbonyl (C=O) groups excluding carboxylic acids is 1. The molecule has 3 rings (SSSR count). The highest BCUT2D eigenvalue weighted by atomic mass is 127. The first-order valence-electron chi connectivity index (χ1n) is 5.14. The Hall–Kier alpha value is -0.130. The SMILES string of the molecule is O=C1O[C@@H]2CCC3=NCCC[C@]13[C@@H]2I. The number of halogens is 1. The van der Waals surface area contributed by atoms with E-state index in [-0.39, 0.29) is 17.5 Å². The molecule has 0 unspecified atom stereocenters. The van der Waals surface area contributed by atoms with E-state index in [0.29, 0.717) is 3.92 Å². The molecule has 0 radical (unpaired) electrons. The molecule has 2 bridgehead atoms. The maximum Gasteiger partial charge on any atom is 0.319 e. The van der Waals surface area contributed by atoms with E-state index in [9.17, 15) is 4.79 Å². The van der Waals surface area contributed by atoms with E-state index in [1.807, 2.05) is 0 Å². The second-order valence-corrected chi connectivity index (χ2v) is 5.63. The van der Waals surface area contributed by atoms with Crippen LogP contribution in [0, 0.1) is 5.41 Å². The van der Waals surface area contributed by atoms with Crippen LogP contribution in [0.2, 0.25) is 0 Å².